The zero-order valence-electron chi connectivity index (χ0n) is 31.2. The molecule has 1 aromatic carbocycles. The van der Waals surface area contributed by atoms with Gasteiger partial charge in [-0.05, 0) is 83.7 Å². The highest BCUT2D eigenvalue weighted by molar-refractivity contribution is 5.99. The van der Waals surface area contributed by atoms with Crippen LogP contribution in [0.25, 0.3) is 6.08 Å². The average Bonchev–Trinajstić information content (AvgIpc) is 3.33. The number of nitrogens with one attached hydrogen (secondary N) is 3. The van der Waals surface area contributed by atoms with Crippen molar-refractivity contribution >= 4 is 42.1 Å². The normalized spacial score (nSPS) is 20.0. The van der Waals surface area contributed by atoms with Gasteiger partial charge in [0.15, 0.2) is 0 Å². The maximum atomic E-state index is 13.4. The summed E-state index contributed by atoms with van der Waals surface area (Å²) in [4.78, 5) is 67.4. The summed E-state index contributed by atoms with van der Waals surface area (Å²) >= 11 is 0. The molecule has 1 aliphatic rings. The van der Waals surface area contributed by atoms with Crippen molar-refractivity contribution in [3.8, 4) is 0 Å². The molecule has 4 N–H and O–H groups in total. The molecular weight excluding hydrogens is 660 g/mol. The lowest BCUT2D eigenvalue weighted by atomic mass is 9.80. The van der Waals surface area contributed by atoms with Crippen LogP contribution < -0.4 is 16.0 Å². The molecule has 0 aliphatic heterocycles. The Hall–Kier alpha value is -4.46. The van der Waals surface area contributed by atoms with E-state index in [0.29, 0.717) is 12.8 Å². The van der Waals surface area contributed by atoms with Gasteiger partial charge in [-0.3, -0.25) is 14.9 Å². The Kier molecular flexibility index (Phi) is 16.6. The Bertz CT molecular complexity index is 1380. The van der Waals surface area contributed by atoms with Gasteiger partial charge < -0.3 is 34.7 Å². The van der Waals surface area contributed by atoms with E-state index in [1.807, 2.05) is 13.8 Å². The minimum absolute atomic E-state index is 0.00130. The standard InChI is InChI=1S/C37H54N4O10/c1-10-25(11-2)30(38-23(3)42)29-27(39-33(40-34(46)50-36(4,5)6)41-35(47)51-37(7,8)9)22-26(31(29)44)32(45)49-21-15-20-48-28(43)19-18-24-16-13-12-14-17-24/h13,16-19,25-27,29-31,44H,10-11,15,20-22H2,1-9H3,(H,38,42)(H2,39,40,41,46,47)/b19-18+/t26-,27+,29+,30-,31+/m0/s1. The summed E-state index contributed by atoms with van der Waals surface area (Å²) in [5.41, 5.74) is -1.00. The first-order chi connectivity index (χ1) is 23.8. The van der Waals surface area contributed by atoms with Gasteiger partial charge in [0.05, 0.1) is 25.2 Å². The quantitative estimate of drug-likeness (QED) is 0.0562. The third-order valence-electron chi connectivity index (χ3n) is 7.83. The number of nitrogens with zero attached hydrogens (tertiary/aromatic N) is 1. The van der Waals surface area contributed by atoms with Crippen molar-refractivity contribution < 1.29 is 48.0 Å². The molecule has 0 aromatic heterocycles. The number of esters is 2. The summed E-state index contributed by atoms with van der Waals surface area (Å²) in [6.07, 6.45) is 1.16. The van der Waals surface area contributed by atoms with Crippen molar-refractivity contribution in [3.05, 3.63) is 42.0 Å². The van der Waals surface area contributed by atoms with E-state index in [1.54, 1.807) is 65.8 Å². The summed E-state index contributed by atoms with van der Waals surface area (Å²) in [5.74, 6) is -3.84. The fourth-order valence-electron chi connectivity index (χ4n) is 5.72. The molecule has 3 amide bonds. The molecule has 1 saturated carbocycles. The summed E-state index contributed by atoms with van der Waals surface area (Å²) in [6.45, 7) is 15.2. The van der Waals surface area contributed by atoms with Crippen molar-refractivity contribution in [2.24, 2.45) is 22.7 Å². The lowest BCUT2D eigenvalue weighted by molar-refractivity contribution is -0.152. The van der Waals surface area contributed by atoms with Crippen LogP contribution in [0, 0.1) is 29.9 Å². The number of ether oxygens (including phenoxy) is 4. The molecule has 0 bridgehead atoms. The largest absolute Gasteiger partial charge is 0.465 e. The minimum atomic E-state index is -1.30. The molecule has 14 nitrogen and oxygen atoms in total. The van der Waals surface area contributed by atoms with E-state index in [2.05, 4.69) is 33.1 Å². The van der Waals surface area contributed by atoms with E-state index < -0.39 is 65.4 Å². The van der Waals surface area contributed by atoms with Crippen molar-refractivity contribution in [1.29, 1.82) is 0 Å². The molecule has 1 aliphatic carbocycles. The molecule has 282 valence electrons. The van der Waals surface area contributed by atoms with Gasteiger partial charge in [-0.1, -0.05) is 38.8 Å². The predicted octanol–water partition coefficient (Wildman–Crippen LogP) is 4.49. The number of carbonyl (C=O) groups is 5. The molecule has 51 heavy (non-hydrogen) atoms. The molecule has 2 rings (SSSR count). The van der Waals surface area contributed by atoms with Crippen LogP contribution in [-0.2, 0) is 33.3 Å². The fraction of sp³-hybridized carbons (Fsp3) is 0.622. The van der Waals surface area contributed by atoms with Gasteiger partial charge >= 0.3 is 24.1 Å². The van der Waals surface area contributed by atoms with Crippen LogP contribution in [0.15, 0.2) is 29.3 Å². The summed E-state index contributed by atoms with van der Waals surface area (Å²) in [5, 5.41) is 20.2. The average molecular weight is 715 g/mol. The topological polar surface area (TPSA) is 191 Å². The Balaban J connectivity index is 2.28. The second-order valence-electron chi connectivity index (χ2n) is 14.3. The predicted molar refractivity (Wildman–Crippen MR) is 189 cm³/mol. The SMILES string of the molecule is CCC(CC)[C@H](NC(C)=O)[C@@H]1[C@H](O)[C@@H](C(=O)OCCCOC(=O)/C=C/c2c[c][c]cc2)C[C@H]1N/C(=N\C(=O)OC(C)(C)C)NC(=O)OC(C)(C)C. The van der Waals surface area contributed by atoms with Gasteiger partial charge in [0.1, 0.15) is 11.2 Å². The summed E-state index contributed by atoms with van der Waals surface area (Å²) < 4.78 is 21.4. The van der Waals surface area contributed by atoms with Gasteiger partial charge in [-0.15, -0.1) is 4.99 Å². The van der Waals surface area contributed by atoms with Gasteiger partial charge in [0.25, 0.3) is 0 Å². The third kappa shape index (κ3) is 15.5. The van der Waals surface area contributed by atoms with Crippen molar-refractivity contribution in [2.45, 2.75) is 117 Å². The first-order valence-corrected chi connectivity index (χ1v) is 17.3. The number of hydrogen-bond acceptors (Lipinski definition) is 10. The molecule has 0 spiro atoms. The Labute approximate surface area is 301 Å². The monoisotopic (exact) mass is 714 g/mol. The number of hydrogen-bond donors (Lipinski definition) is 4. The Morgan fingerprint density at radius 2 is 1.65 bits per heavy atom. The highest BCUT2D eigenvalue weighted by Crippen LogP contribution is 2.38. The first-order valence-electron chi connectivity index (χ1n) is 17.3. The molecule has 14 heteroatoms. The second-order valence-corrected chi connectivity index (χ2v) is 14.3. The maximum absolute atomic E-state index is 13.4. The zero-order valence-corrected chi connectivity index (χ0v) is 31.2. The van der Waals surface area contributed by atoms with Gasteiger partial charge in [0, 0.05) is 37.4 Å². The lowest BCUT2D eigenvalue weighted by Crippen LogP contribution is -2.56. The van der Waals surface area contributed by atoms with E-state index in [9.17, 15) is 29.1 Å². The van der Waals surface area contributed by atoms with Gasteiger partial charge in [0.2, 0.25) is 11.9 Å². The number of alkyl carbamates (subject to hydrolysis) is 1. The number of amides is 3. The van der Waals surface area contributed by atoms with Crippen molar-refractivity contribution in [1.82, 2.24) is 16.0 Å². The molecule has 5 atom stereocenters. The van der Waals surface area contributed by atoms with Crippen LogP contribution >= 0.6 is 0 Å². The van der Waals surface area contributed by atoms with Crippen LogP contribution in [-0.4, -0.2) is 83.7 Å². The number of guanidine groups is 1. The smallest absolute Gasteiger partial charge is 0.437 e. The highest BCUT2D eigenvalue weighted by atomic mass is 16.6. The Morgan fingerprint density at radius 3 is 2.22 bits per heavy atom. The molecule has 1 aromatic rings. The maximum Gasteiger partial charge on any atom is 0.437 e. The number of aliphatic hydroxyl groups excluding tert-OH is 1. The van der Waals surface area contributed by atoms with Crippen molar-refractivity contribution in [3.63, 3.8) is 0 Å². The number of benzene rings is 1. The van der Waals surface area contributed by atoms with E-state index in [1.165, 1.54) is 13.0 Å². The highest BCUT2D eigenvalue weighted by Gasteiger charge is 2.51. The number of rotatable bonds is 13. The molecule has 0 unspecified atom stereocenters. The molecule has 0 saturated heterocycles. The molecule has 0 heterocycles. The lowest BCUT2D eigenvalue weighted by Gasteiger charge is -2.37. The van der Waals surface area contributed by atoms with Crippen LogP contribution in [0.2, 0.25) is 0 Å². The van der Waals surface area contributed by atoms with Crippen LogP contribution in [0.1, 0.15) is 93.6 Å². The van der Waals surface area contributed by atoms with E-state index in [0.717, 1.165) is 5.56 Å². The number of aliphatic hydroxyl groups is 1. The third-order valence-corrected chi connectivity index (χ3v) is 7.83. The molecule has 2 radical (unpaired) electrons. The van der Waals surface area contributed by atoms with Crippen molar-refractivity contribution in [2.75, 3.05) is 13.2 Å². The van der Waals surface area contributed by atoms with E-state index in [-0.39, 0.29) is 43.8 Å². The summed E-state index contributed by atoms with van der Waals surface area (Å²) in [6, 6.07) is 9.26. The molecule has 1 fully saturated rings. The second kappa shape index (κ2) is 19.8. The summed E-state index contributed by atoms with van der Waals surface area (Å²) in [7, 11) is 0. The number of aliphatic imine (C=N–C) groups is 1. The van der Waals surface area contributed by atoms with Crippen LogP contribution in [0.3, 0.4) is 0 Å². The van der Waals surface area contributed by atoms with Gasteiger partial charge in [-0.2, -0.15) is 0 Å². The van der Waals surface area contributed by atoms with E-state index >= 15 is 0 Å². The minimum Gasteiger partial charge on any atom is -0.465 e. The molecular formula is C37H54N4O10. The zero-order chi connectivity index (χ0) is 38.4. The Morgan fingerprint density at radius 1 is 1.00 bits per heavy atom. The first kappa shape index (κ1) is 42.7. The van der Waals surface area contributed by atoms with E-state index in [4.69, 9.17) is 18.9 Å². The van der Waals surface area contributed by atoms with Crippen LogP contribution in [0.4, 0.5) is 9.59 Å². The number of carbonyl (C=O) groups excluding carboxylic acids is 5. The van der Waals surface area contributed by atoms with Gasteiger partial charge in [-0.25, -0.2) is 14.4 Å². The van der Waals surface area contributed by atoms with Crippen LogP contribution in [0.5, 0.6) is 0 Å². The fourth-order valence-corrected chi connectivity index (χ4v) is 5.72.